The summed E-state index contributed by atoms with van der Waals surface area (Å²) in [4.78, 5) is 9.46. The van der Waals surface area contributed by atoms with Gasteiger partial charge in [0.05, 0.1) is 11.2 Å². The van der Waals surface area contributed by atoms with Crippen LogP contribution in [-0.2, 0) is 13.1 Å². The van der Waals surface area contributed by atoms with Crippen molar-refractivity contribution in [3.05, 3.63) is 77.7 Å². The Kier molecular flexibility index (Phi) is 5.95. The fourth-order valence-electron chi connectivity index (χ4n) is 4.00. The Bertz CT molecular complexity index is 932. The van der Waals surface area contributed by atoms with Gasteiger partial charge in [0.15, 0.2) is 0 Å². The number of aliphatic hydroxyl groups excluding tert-OH is 1. The first-order valence-corrected chi connectivity index (χ1v) is 9.88. The average Bonchev–Trinajstić information content (AvgIpc) is 2.71. The van der Waals surface area contributed by atoms with Crippen LogP contribution >= 0.6 is 0 Å². The van der Waals surface area contributed by atoms with Crippen molar-refractivity contribution in [2.75, 3.05) is 26.2 Å². The van der Waals surface area contributed by atoms with Crippen molar-refractivity contribution in [2.24, 2.45) is 0 Å². The monoisotopic (exact) mass is 379 g/mol. The van der Waals surface area contributed by atoms with Crippen molar-refractivity contribution in [3.63, 3.8) is 0 Å². The molecule has 28 heavy (non-hydrogen) atoms. The van der Waals surface area contributed by atoms with Crippen molar-refractivity contribution in [2.45, 2.75) is 25.6 Å². The van der Waals surface area contributed by atoms with E-state index in [0.29, 0.717) is 13.0 Å². The van der Waals surface area contributed by atoms with E-state index in [2.05, 4.69) is 28.0 Å². The van der Waals surface area contributed by atoms with Crippen LogP contribution in [0.1, 0.15) is 17.7 Å². The second-order valence-electron chi connectivity index (χ2n) is 7.46. The minimum Gasteiger partial charge on any atom is -0.396 e. The summed E-state index contributed by atoms with van der Waals surface area (Å²) in [5, 5.41) is 10.7. The third-order valence-corrected chi connectivity index (χ3v) is 5.52. The molecule has 4 nitrogen and oxygen atoms in total. The topological polar surface area (TPSA) is 39.6 Å². The van der Waals surface area contributed by atoms with E-state index in [4.69, 9.17) is 4.98 Å². The van der Waals surface area contributed by atoms with E-state index < -0.39 is 0 Å². The van der Waals surface area contributed by atoms with E-state index in [9.17, 15) is 9.50 Å². The molecule has 1 saturated heterocycles. The van der Waals surface area contributed by atoms with E-state index in [1.807, 2.05) is 30.3 Å². The molecule has 0 spiro atoms. The highest BCUT2D eigenvalue weighted by Crippen LogP contribution is 2.20. The van der Waals surface area contributed by atoms with Gasteiger partial charge in [0.25, 0.3) is 0 Å². The predicted molar refractivity (Wildman–Crippen MR) is 109 cm³/mol. The van der Waals surface area contributed by atoms with E-state index in [-0.39, 0.29) is 18.5 Å². The Labute approximate surface area is 165 Å². The van der Waals surface area contributed by atoms with Crippen molar-refractivity contribution >= 4 is 10.9 Å². The molecule has 2 heterocycles. The van der Waals surface area contributed by atoms with Crippen LogP contribution in [0.3, 0.4) is 0 Å². The van der Waals surface area contributed by atoms with Gasteiger partial charge in [0.2, 0.25) is 0 Å². The number of para-hydroxylation sites is 1. The number of hydrogen-bond acceptors (Lipinski definition) is 4. The van der Waals surface area contributed by atoms with Crippen LogP contribution in [0.15, 0.2) is 60.7 Å². The van der Waals surface area contributed by atoms with Gasteiger partial charge in [-0.05, 0) is 24.6 Å². The normalized spacial score (nSPS) is 18.6. The molecule has 0 aliphatic carbocycles. The van der Waals surface area contributed by atoms with Crippen LogP contribution < -0.4 is 0 Å². The number of pyridine rings is 1. The second-order valence-corrected chi connectivity index (χ2v) is 7.46. The quantitative estimate of drug-likeness (QED) is 0.712. The fourth-order valence-corrected chi connectivity index (χ4v) is 4.00. The van der Waals surface area contributed by atoms with Gasteiger partial charge in [-0.15, -0.1) is 0 Å². The Morgan fingerprint density at radius 1 is 0.964 bits per heavy atom. The zero-order valence-electron chi connectivity index (χ0n) is 16.0. The summed E-state index contributed by atoms with van der Waals surface area (Å²) in [5.41, 5.74) is 2.80. The number of hydrogen-bond donors (Lipinski definition) is 1. The van der Waals surface area contributed by atoms with Crippen molar-refractivity contribution in [3.8, 4) is 0 Å². The molecule has 2 aromatic carbocycles. The third-order valence-electron chi connectivity index (χ3n) is 5.52. The minimum atomic E-state index is -0.159. The van der Waals surface area contributed by atoms with Gasteiger partial charge < -0.3 is 5.11 Å². The second kappa shape index (κ2) is 8.78. The van der Waals surface area contributed by atoms with Crippen LogP contribution in [0.4, 0.5) is 4.39 Å². The number of fused-ring (bicyclic) bond motifs is 1. The van der Waals surface area contributed by atoms with Crippen LogP contribution in [0, 0.1) is 5.82 Å². The van der Waals surface area contributed by atoms with E-state index >= 15 is 0 Å². The predicted octanol–water partition coefficient (Wildman–Crippen LogP) is 3.44. The number of nitrogens with zero attached hydrogens (tertiary/aromatic N) is 3. The first-order valence-electron chi connectivity index (χ1n) is 9.88. The molecule has 5 heteroatoms. The Morgan fingerprint density at radius 2 is 1.79 bits per heavy atom. The summed E-state index contributed by atoms with van der Waals surface area (Å²) >= 11 is 0. The smallest absolute Gasteiger partial charge is 0.127 e. The van der Waals surface area contributed by atoms with Crippen LogP contribution in [-0.4, -0.2) is 52.2 Å². The molecule has 1 aliphatic heterocycles. The lowest BCUT2D eigenvalue weighted by atomic mass is 10.1. The largest absolute Gasteiger partial charge is 0.396 e. The maximum atomic E-state index is 14.1. The number of benzene rings is 2. The van der Waals surface area contributed by atoms with E-state index in [1.54, 1.807) is 6.07 Å². The average molecular weight is 379 g/mol. The molecule has 1 fully saturated rings. The van der Waals surface area contributed by atoms with Gasteiger partial charge in [-0.1, -0.05) is 42.5 Å². The maximum Gasteiger partial charge on any atom is 0.127 e. The molecule has 1 aromatic heterocycles. The zero-order chi connectivity index (χ0) is 19.3. The molecular weight excluding hydrogens is 353 g/mol. The first-order chi connectivity index (χ1) is 13.7. The van der Waals surface area contributed by atoms with Crippen LogP contribution in [0.5, 0.6) is 0 Å². The van der Waals surface area contributed by atoms with Crippen molar-refractivity contribution in [1.29, 1.82) is 0 Å². The number of aromatic nitrogens is 1. The summed E-state index contributed by atoms with van der Waals surface area (Å²) in [6.45, 7) is 4.13. The van der Waals surface area contributed by atoms with Gasteiger partial charge in [-0.3, -0.25) is 14.8 Å². The van der Waals surface area contributed by atoms with Gasteiger partial charge in [0.1, 0.15) is 5.82 Å². The molecule has 1 N–H and O–H groups in total. The van der Waals surface area contributed by atoms with Gasteiger partial charge in [0, 0.05) is 56.3 Å². The highest BCUT2D eigenvalue weighted by molar-refractivity contribution is 5.78. The molecule has 0 bridgehead atoms. The Balaban J connectivity index is 1.44. The van der Waals surface area contributed by atoms with Crippen molar-refractivity contribution in [1.82, 2.24) is 14.8 Å². The summed E-state index contributed by atoms with van der Waals surface area (Å²) in [6, 6.07) is 19.5. The molecule has 146 valence electrons. The summed E-state index contributed by atoms with van der Waals surface area (Å²) in [7, 11) is 0. The first kappa shape index (κ1) is 19.0. The van der Waals surface area contributed by atoms with E-state index in [1.165, 1.54) is 6.07 Å². The molecular formula is C23H26FN3O. The van der Waals surface area contributed by atoms with Crippen molar-refractivity contribution < 1.29 is 9.50 Å². The molecule has 0 unspecified atom stereocenters. The lowest BCUT2D eigenvalue weighted by Crippen LogP contribution is -2.52. The van der Waals surface area contributed by atoms with Crippen LogP contribution in [0.2, 0.25) is 0 Å². The number of rotatable bonds is 6. The molecule has 3 aromatic rings. The third kappa shape index (κ3) is 4.38. The maximum absolute atomic E-state index is 14.1. The molecule has 4 rings (SSSR count). The van der Waals surface area contributed by atoms with E-state index in [0.717, 1.165) is 48.3 Å². The Hall–Kier alpha value is -2.34. The number of halogens is 1. The SMILES string of the molecule is OCC[C@H]1CN(Cc2ccc3ccccc3n2)CCN1Cc1ccccc1F. The van der Waals surface area contributed by atoms with Gasteiger partial charge in [-0.2, -0.15) is 0 Å². The summed E-state index contributed by atoms with van der Waals surface area (Å²) < 4.78 is 14.1. The number of piperazine rings is 1. The number of aliphatic hydroxyl groups is 1. The lowest BCUT2D eigenvalue weighted by molar-refractivity contribution is 0.0488. The zero-order valence-corrected chi connectivity index (χ0v) is 16.0. The van der Waals surface area contributed by atoms with Gasteiger partial charge >= 0.3 is 0 Å². The fraction of sp³-hybridized carbons (Fsp3) is 0.348. The minimum absolute atomic E-state index is 0.139. The van der Waals surface area contributed by atoms with Gasteiger partial charge in [-0.25, -0.2) is 4.39 Å². The molecule has 0 saturated carbocycles. The highest BCUT2D eigenvalue weighted by Gasteiger charge is 2.27. The standard InChI is InChI=1S/C23H26FN3O/c24-22-7-3-1-6-19(22)15-27-13-12-26(17-21(27)11-14-28)16-20-10-9-18-5-2-4-8-23(18)25-20/h1-10,21,28H,11-17H2/t21-/m0/s1. The lowest BCUT2D eigenvalue weighted by Gasteiger charge is -2.41. The molecule has 1 atom stereocenters. The highest BCUT2D eigenvalue weighted by atomic mass is 19.1. The summed E-state index contributed by atoms with van der Waals surface area (Å²) in [6.07, 6.45) is 0.691. The summed E-state index contributed by atoms with van der Waals surface area (Å²) in [5.74, 6) is -0.159. The van der Waals surface area contributed by atoms with Crippen LogP contribution in [0.25, 0.3) is 10.9 Å². The molecule has 0 radical (unpaired) electrons. The Morgan fingerprint density at radius 3 is 2.64 bits per heavy atom. The molecule has 0 amide bonds. The molecule has 1 aliphatic rings.